The zero-order valence-corrected chi connectivity index (χ0v) is 10.4. The van der Waals surface area contributed by atoms with Crippen molar-refractivity contribution < 1.29 is 14.3 Å². The van der Waals surface area contributed by atoms with Gasteiger partial charge in [0.25, 0.3) is 0 Å². The predicted molar refractivity (Wildman–Crippen MR) is 63.9 cm³/mol. The molecule has 0 saturated carbocycles. The molecule has 0 aliphatic carbocycles. The van der Waals surface area contributed by atoms with E-state index in [0.717, 1.165) is 15.4 Å². The Morgan fingerprint density at radius 3 is 2.75 bits per heavy atom. The van der Waals surface area contributed by atoms with Crippen LogP contribution >= 0.6 is 15.9 Å². The van der Waals surface area contributed by atoms with Crippen molar-refractivity contribution in [1.82, 2.24) is 4.98 Å². The third-order valence-corrected chi connectivity index (χ3v) is 2.99. The lowest BCUT2D eigenvalue weighted by Crippen LogP contribution is -2.03. The van der Waals surface area contributed by atoms with Crippen LogP contribution in [0.3, 0.4) is 0 Å². The van der Waals surface area contributed by atoms with Crippen molar-refractivity contribution in [1.29, 1.82) is 0 Å². The number of methoxy groups -OCH3 is 2. The molecule has 1 heterocycles. The quantitative estimate of drug-likeness (QED) is 0.863. The second-order valence-corrected chi connectivity index (χ2v) is 4.04. The van der Waals surface area contributed by atoms with Crippen molar-refractivity contribution >= 4 is 32.8 Å². The third-order valence-electron chi connectivity index (χ3n) is 2.33. The Kier molecular flexibility index (Phi) is 2.87. The first kappa shape index (κ1) is 11.0. The van der Waals surface area contributed by atoms with Gasteiger partial charge in [0, 0.05) is 9.86 Å². The van der Waals surface area contributed by atoms with E-state index in [1.807, 2.05) is 18.2 Å². The average molecular weight is 284 g/mol. The molecule has 0 radical (unpaired) electrons. The van der Waals surface area contributed by atoms with Gasteiger partial charge in [-0.2, -0.15) is 0 Å². The van der Waals surface area contributed by atoms with E-state index in [1.165, 1.54) is 14.2 Å². The average Bonchev–Trinajstić information content (AvgIpc) is 2.68. The summed E-state index contributed by atoms with van der Waals surface area (Å²) in [4.78, 5) is 14.5. The normalized spacial score (nSPS) is 10.4. The van der Waals surface area contributed by atoms with Gasteiger partial charge in [-0.25, -0.2) is 4.79 Å². The van der Waals surface area contributed by atoms with Crippen LogP contribution in [0.4, 0.5) is 0 Å². The highest BCUT2D eigenvalue weighted by molar-refractivity contribution is 9.10. The highest BCUT2D eigenvalue weighted by atomic mass is 79.9. The highest BCUT2D eigenvalue weighted by Crippen LogP contribution is 2.34. The topological polar surface area (TPSA) is 51.3 Å². The number of carbonyl (C=O) groups is 1. The Morgan fingerprint density at radius 2 is 2.12 bits per heavy atom. The number of aromatic amines is 1. The first-order chi connectivity index (χ1) is 7.69. The minimum absolute atomic E-state index is 0.326. The van der Waals surface area contributed by atoms with Crippen molar-refractivity contribution in [2.45, 2.75) is 0 Å². The number of benzene rings is 1. The lowest BCUT2D eigenvalue weighted by Gasteiger charge is -2.00. The first-order valence-electron chi connectivity index (χ1n) is 4.61. The number of para-hydroxylation sites is 1. The van der Waals surface area contributed by atoms with E-state index in [4.69, 9.17) is 4.74 Å². The van der Waals surface area contributed by atoms with Crippen LogP contribution in [0.1, 0.15) is 10.5 Å². The van der Waals surface area contributed by atoms with Crippen LogP contribution in [-0.2, 0) is 4.74 Å². The van der Waals surface area contributed by atoms with Crippen LogP contribution in [0, 0.1) is 0 Å². The predicted octanol–water partition coefficient (Wildman–Crippen LogP) is 2.73. The zero-order chi connectivity index (χ0) is 11.7. The molecule has 4 nitrogen and oxygen atoms in total. The van der Waals surface area contributed by atoms with E-state index in [1.54, 1.807) is 0 Å². The maximum Gasteiger partial charge on any atom is 0.358 e. The number of hydrogen-bond donors (Lipinski definition) is 1. The molecule has 0 fully saturated rings. The highest BCUT2D eigenvalue weighted by Gasteiger charge is 2.19. The van der Waals surface area contributed by atoms with Gasteiger partial charge in [-0.1, -0.05) is 6.07 Å². The Morgan fingerprint density at radius 1 is 1.38 bits per heavy atom. The summed E-state index contributed by atoms with van der Waals surface area (Å²) in [5.41, 5.74) is 1.15. The number of hydrogen-bond acceptors (Lipinski definition) is 3. The summed E-state index contributed by atoms with van der Waals surface area (Å²) in [6.07, 6.45) is 0. The van der Waals surface area contributed by atoms with Crippen molar-refractivity contribution in [3.63, 3.8) is 0 Å². The standard InChI is InChI=1S/C11H10BrNO3/c1-15-10-6-4-3-5-7(12)8(6)13-9(10)11(14)16-2/h3-5,13H,1-2H3. The molecule has 2 rings (SSSR count). The smallest absolute Gasteiger partial charge is 0.358 e. The van der Waals surface area contributed by atoms with E-state index < -0.39 is 5.97 Å². The monoisotopic (exact) mass is 283 g/mol. The summed E-state index contributed by atoms with van der Waals surface area (Å²) >= 11 is 3.41. The van der Waals surface area contributed by atoms with Crippen LogP contribution in [0.2, 0.25) is 0 Å². The van der Waals surface area contributed by atoms with E-state index in [2.05, 4.69) is 25.7 Å². The molecule has 0 atom stereocenters. The van der Waals surface area contributed by atoms with Crippen LogP contribution in [-0.4, -0.2) is 25.2 Å². The van der Waals surface area contributed by atoms with E-state index >= 15 is 0 Å². The molecule has 0 unspecified atom stereocenters. The van der Waals surface area contributed by atoms with Crippen molar-refractivity contribution in [3.8, 4) is 5.75 Å². The van der Waals surface area contributed by atoms with Crippen LogP contribution in [0.5, 0.6) is 5.75 Å². The molecule has 1 N–H and O–H groups in total. The van der Waals surface area contributed by atoms with Crippen molar-refractivity contribution in [2.75, 3.05) is 14.2 Å². The summed E-state index contributed by atoms with van der Waals surface area (Å²) in [7, 11) is 2.86. The molecule has 2 aromatic rings. The molecule has 84 valence electrons. The van der Waals surface area contributed by atoms with Gasteiger partial charge in [0.1, 0.15) is 0 Å². The number of aromatic nitrogens is 1. The third kappa shape index (κ3) is 1.57. The SMILES string of the molecule is COC(=O)c1[nH]c2c(Br)cccc2c1OC. The summed E-state index contributed by atoms with van der Waals surface area (Å²) in [6, 6.07) is 5.64. The number of H-pyrrole nitrogens is 1. The Bertz CT molecular complexity index is 547. The summed E-state index contributed by atoms with van der Waals surface area (Å²) in [5, 5.41) is 0.845. The second-order valence-electron chi connectivity index (χ2n) is 3.19. The van der Waals surface area contributed by atoms with Gasteiger partial charge >= 0.3 is 5.97 Å². The molecular formula is C11H10BrNO3. The molecule has 0 aliphatic rings. The lowest BCUT2D eigenvalue weighted by molar-refractivity contribution is 0.0591. The number of esters is 1. The van der Waals surface area contributed by atoms with E-state index in [0.29, 0.717) is 11.4 Å². The summed E-state index contributed by atoms with van der Waals surface area (Å²) in [6.45, 7) is 0. The molecule has 0 saturated heterocycles. The van der Waals surface area contributed by atoms with Crippen molar-refractivity contribution in [3.05, 3.63) is 28.4 Å². The molecule has 5 heteroatoms. The molecule has 1 aromatic heterocycles. The maximum atomic E-state index is 11.5. The molecule has 16 heavy (non-hydrogen) atoms. The Labute approximate surface area is 101 Å². The number of fused-ring (bicyclic) bond motifs is 1. The van der Waals surface area contributed by atoms with Gasteiger partial charge in [-0.15, -0.1) is 0 Å². The molecule has 0 amide bonds. The van der Waals surface area contributed by atoms with Gasteiger partial charge in [0.2, 0.25) is 0 Å². The van der Waals surface area contributed by atoms with Gasteiger partial charge in [-0.05, 0) is 28.1 Å². The fourth-order valence-electron chi connectivity index (χ4n) is 1.61. The van der Waals surface area contributed by atoms with Gasteiger partial charge in [-0.3, -0.25) is 0 Å². The van der Waals surface area contributed by atoms with Gasteiger partial charge < -0.3 is 14.5 Å². The number of ether oxygens (including phenoxy) is 2. The minimum Gasteiger partial charge on any atom is -0.494 e. The van der Waals surface area contributed by atoms with Crippen molar-refractivity contribution in [2.24, 2.45) is 0 Å². The number of carbonyl (C=O) groups excluding carboxylic acids is 1. The van der Waals surface area contributed by atoms with E-state index in [9.17, 15) is 4.79 Å². The van der Waals surface area contributed by atoms with E-state index in [-0.39, 0.29) is 0 Å². The van der Waals surface area contributed by atoms with Crippen LogP contribution < -0.4 is 4.74 Å². The fraction of sp³-hybridized carbons (Fsp3) is 0.182. The Balaban J connectivity index is 2.76. The first-order valence-corrected chi connectivity index (χ1v) is 5.40. The largest absolute Gasteiger partial charge is 0.494 e. The van der Waals surface area contributed by atoms with Crippen LogP contribution in [0.15, 0.2) is 22.7 Å². The lowest BCUT2D eigenvalue weighted by atomic mass is 10.2. The number of rotatable bonds is 2. The molecule has 0 bridgehead atoms. The molecule has 0 aliphatic heterocycles. The fourth-order valence-corrected chi connectivity index (χ4v) is 2.08. The minimum atomic E-state index is -0.444. The number of halogens is 1. The van der Waals surface area contributed by atoms with Crippen LogP contribution in [0.25, 0.3) is 10.9 Å². The summed E-state index contributed by atoms with van der Waals surface area (Å²) < 4.78 is 10.8. The van der Waals surface area contributed by atoms with Gasteiger partial charge in [0.05, 0.1) is 19.7 Å². The number of nitrogens with one attached hydrogen (secondary N) is 1. The van der Waals surface area contributed by atoms with Gasteiger partial charge in [0.15, 0.2) is 11.4 Å². The summed E-state index contributed by atoms with van der Waals surface area (Å²) in [5.74, 6) is 0.0584. The Hall–Kier alpha value is -1.49. The maximum absolute atomic E-state index is 11.5. The second kappa shape index (κ2) is 4.17. The zero-order valence-electron chi connectivity index (χ0n) is 8.83. The molecular weight excluding hydrogens is 274 g/mol. The molecule has 0 spiro atoms. The molecule has 1 aromatic carbocycles.